The molecule has 1 fully saturated rings. The minimum atomic E-state index is -3.56. The van der Waals surface area contributed by atoms with Crippen LogP contribution in [0.4, 0.5) is 5.69 Å². The summed E-state index contributed by atoms with van der Waals surface area (Å²) in [6.07, 6.45) is 3.65. The molecule has 2 aromatic carbocycles. The van der Waals surface area contributed by atoms with E-state index < -0.39 is 10.0 Å². The molecule has 3 heterocycles. The Balaban J connectivity index is 1.27. The smallest absolute Gasteiger partial charge is 0.277 e. The number of hydrogen-bond donors (Lipinski definition) is 0. The van der Waals surface area contributed by atoms with Gasteiger partial charge in [0.15, 0.2) is 0 Å². The van der Waals surface area contributed by atoms with E-state index >= 15 is 0 Å². The fraction of sp³-hybridized carbons (Fsp3) is 0.375. The lowest BCUT2D eigenvalue weighted by molar-refractivity contribution is -0.116. The Kier molecular flexibility index (Phi) is 6.46. The maximum atomic E-state index is 13.0. The molecule has 0 spiro atoms. The molecule has 0 unspecified atom stereocenters. The largest absolute Gasteiger partial charge is 0.411 e. The van der Waals surface area contributed by atoms with Crippen LogP contribution in [0.3, 0.4) is 0 Å². The van der Waals surface area contributed by atoms with Gasteiger partial charge >= 0.3 is 0 Å². The summed E-state index contributed by atoms with van der Waals surface area (Å²) in [6, 6.07) is 14.6. The van der Waals surface area contributed by atoms with Crippen LogP contribution < -0.4 is 4.90 Å². The number of amides is 1. The minimum Gasteiger partial charge on any atom is -0.411 e. The number of anilines is 1. The van der Waals surface area contributed by atoms with Gasteiger partial charge in [0.2, 0.25) is 21.8 Å². The summed E-state index contributed by atoms with van der Waals surface area (Å²) in [5.41, 5.74) is 2.66. The molecule has 0 saturated carbocycles. The van der Waals surface area contributed by atoms with E-state index in [1.165, 1.54) is 21.6 Å². The van der Waals surface area contributed by atoms with Gasteiger partial charge < -0.3 is 9.32 Å². The molecule has 1 amide bonds. The van der Waals surface area contributed by atoms with Gasteiger partial charge in [0.05, 0.1) is 10.6 Å². The molecule has 34 heavy (non-hydrogen) atoms. The SMILES string of the molecule is C[C@@H]1Cc2ccccc2N1C(=O)CSc1nnc(-c2cccc(S(=O)(=O)N3CCCCC3)c2)o1. The molecule has 2 aliphatic rings. The Morgan fingerprint density at radius 1 is 1.09 bits per heavy atom. The van der Waals surface area contributed by atoms with Crippen molar-refractivity contribution in [1.82, 2.24) is 14.5 Å². The van der Waals surface area contributed by atoms with Gasteiger partial charge in [0, 0.05) is 30.4 Å². The summed E-state index contributed by atoms with van der Waals surface area (Å²) in [5, 5.41) is 8.40. The van der Waals surface area contributed by atoms with Gasteiger partial charge in [0.1, 0.15) is 0 Å². The number of carbonyl (C=O) groups excluding carboxylic acids is 1. The lowest BCUT2D eigenvalue weighted by Crippen LogP contribution is -2.36. The molecular formula is C24H26N4O4S2. The van der Waals surface area contributed by atoms with Gasteiger partial charge in [-0.1, -0.05) is 42.4 Å². The van der Waals surface area contributed by atoms with Crippen LogP contribution in [0.2, 0.25) is 0 Å². The number of sulfonamides is 1. The zero-order valence-corrected chi connectivity index (χ0v) is 20.5. The van der Waals surface area contributed by atoms with Crippen LogP contribution in [-0.2, 0) is 21.2 Å². The van der Waals surface area contributed by atoms with Crippen molar-refractivity contribution in [1.29, 1.82) is 0 Å². The molecule has 1 saturated heterocycles. The van der Waals surface area contributed by atoms with Crippen molar-refractivity contribution in [3.05, 3.63) is 54.1 Å². The zero-order chi connectivity index (χ0) is 23.7. The zero-order valence-electron chi connectivity index (χ0n) is 18.9. The number of aromatic nitrogens is 2. The molecule has 0 bridgehead atoms. The molecule has 0 N–H and O–H groups in total. The molecule has 8 nitrogen and oxygen atoms in total. The Morgan fingerprint density at radius 3 is 2.71 bits per heavy atom. The van der Waals surface area contributed by atoms with E-state index in [1.54, 1.807) is 24.3 Å². The number of nitrogens with zero attached hydrogens (tertiary/aromatic N) is 4. The van der Waals surface area contributed by atoms with Crippen LogP contribution >= 0.6 is 11.8 Å². The van der Waals surface area contributed by atoms with Gasteiger partial charge in [-0.25, -0.2) is 8.42 Å². The predicted molar refractivity (Wildman–Crippen MR) is 130 cm³/mol. The van der Waals surface area contributed by atoms with E-state index in [-0.39, 0.29) is 33.7 Å². The first kappa shape index (κ1) is 23.1. The average Bonchev–Trinajstić information content (AvgIpc) is 3.47. The van der Waals surface area contributed by atoms with Crippen molar-refractivity contribution in [3.63, 3.8) is 0 Å². The maximum Gasteiger partial charge on any atom is 0.277 e. The second kappa shape index (κ2) is 9.52. The van der Waals surface area contributed by atoms with E-state index in [0.29, 0.717) is 18.7 Å². The van der Waals surface area contributed by atoms with Gasteiger partial charge in [-0.05, 0) is 56.0 Å². The molecule has 5 rings (SSSR count). The molecule has 3 aromatic rings. The molecule has 1 atom stereocenters. The summed E-state index contributed by atoms with van der Waals surface area (Å²) in [5.74, 6) is 0.381. The topological polar surface area (TPSA) is 96.6 Å². The highest BCUT2D eigenvalue weighted by molar-refractivity contribution is 7.99. The fourth-order valence-electron chi connectivity index (χ4n) is 4.57. The summed E-state index contributed by atoms with van der Waals surface area (Å²) >= 11 is 1.18. The van der Waals surface area contributed by atoms with E-state index in [1.807, 2.05) is 30.0 Å². The number of benzene rings is 2. The first-order valence-electron chi connectivity index (χ1n) is 11.4. The lowest BCUT2D eigenvalue weighted by Gasteiger charge is -2.25. The van der Waals surface area contributed by atoms with Crippen molar-refractivity contribution in [2.75, 3.05) is 23.7 Å². The number of piperidine rings is 1. The summed E-state index contributed by atoms with van der Waals surface area (Å²) in [4.78, 5) is 15.0. The van der Waals surface area contributed by atoms with Crippen molar-refractivity contribution in [2.24, 2.45) is 0 Å². The first-order chi connectivity index (χ1) is 16.4. The van der Waals surface area contributed by atoms with Gasteiger partial charge in [-0.3, -0.25) is 4.79 Å². The van der Waals surface area contributed by atoms with Gasteiger partial charge in [0.25, 0.3) is 5.22 Å². The monoisotopic (exact) mass is 498 g/mol. The second-order valence-electron chi connectivity index (χ2n) is 8.60. The quantitative estimate of drug-likeness (QED) is 0.474. The summed E-state index contributed by atoms with van der Waals surface area (Å²) in [7, 11) is -3.56. The van der Waals surface area contributed by atoms with Crippen molar-refractivity contribution >= 4 is 33.4 Å². The Hall–Kier alpha value is -2.69. The maximum absolute atomic E-state index is 13.0. The minimum absolute atomic E-state index is 0.0168. The summed E-state index contributed by atoms with van der Waals surface area (Å²) in [6.45, 7) is 3.13. The number of thioether (sulfide) groups is 1. The molecule has 10 heteroatoms. The van der Waals surface area contributed by atoms with Crippen LogP contribution in [0.25, 0.3) is 11.5 Å². The average molecular weight is 499 g/mol. The van der Waals surface area contributed by atoms with E-state index in [2.05, 4.69) is 16.3 Å². The number of para-hydroxylation sites is 1. The highest BCUT2D eigenvalue weighted by Crippen LogP contribution is 2.33. The van der Waals surface area contributed by atoms with Gasteiger partial charge in [-0.2, -0.15) is 4.31 Å². The number of hydrogen-bond acceptors (Lipinski definition) is 7. The number of rotatable bonds is 6. The predicted octanol–water partition coefficient (Wildman–Crippen LogP) is 3.98. The van der Waals surface area contributed by atoms with Crippen molar-refractivity contribution in [3.8, 4) is 11.5 Å². The third kappa shape index (κ3) is 4.49. The molecule has 0 radical (unpaired) electrons. The lowest BCUT2D eigenvalue weighted by atomic mass is 10.1. The molecule has 2 aliphatic heterocycles. The van der Waals surface area contributed by atoms with E-state index in [9.17, 15) is 13.2 Å². The Morgan fingerprint density at radius 2 is 1.88 bits per heavy atom. The standard InChI is InChI=1S/C24H26N4O4S2/c1-17-14-18-8-3-4-11-21(18)28(17)22(29)16-33-24-26-25-23(32-24)19-9-7-10-20(15-19)34(30,31)27-12-5-2-6-13-27/h3-4,7-11,15,17H,2,5-6,12-14,16H2,1H3/t17-/m1/s1. The number of fused-ring (bicyclic) bond motifs is 1. The van der Waals surface area contributed by atoms with Crippen LogP contribution in [0.5, 0.6) is 0 Å². The Bertz CT molecular complexity index is 1300. The van der Waals surface area contributed by atoms with E-state index in [0.717, 1.165) is 31.4 Å². The molecule has 178 valence electrons. The summed E-state index contributed by atoms with van der Waals surface area (Å²) < 4.78 is 33.3. The second-order valence-corrected chi connectivity index (χ2v) is 11.5. The van der Waals surface area contributed by atoms with Crippen molar-refractivity contribution < 1.29 is 17.6 Å². The molecule has 1 aromatic heterocycles. The highest BCUT2D eigenvalue weighted by Gasteiger charge is 2.31. The van der Waals surface area contributed by atoms with Crippen LogP contribution in [-0.4, -0.2) is 53.7 Å². The third-order valence-corrected chi connectivity index (χ3v) is 8.93. The van der Waals surface area contributed by atoms with E-state index in [4.69, 9.17) is 4.42 Å². The highest BCUT2D eigenvalue weighted by atomic mass is 32.2. The molecule has 0 aliphatic carbocycles. The van der Waals surface area contributed by atoms with Crippen LogP contribution in [0, 0.1) is 0 Å². The van der Waals surface area contributed by atoms with Gasteiger partial charge in [-0.15, -0.1) is 10.2 Å². The third-order valence-electron chi connectivity index (χ3n) is 6.24. The molecular weight excluding hydrogens is 472 g/mol. The Labute approximate surface area is 203 Å². The first-order valence-corrected chi connectivity index (χ1v) is 13.8. The fourth-order valence-corrected chi connectivity index (χ4v) is 6.75. The van der Waals surface area contributed by atoms with Crippen LogP contribution in [0.1, 0.15) is 31.7 Å². The normalized spacial score (nSPS) is 18.7. The van der Waals surface area contributed by atoms with Crippen LogP contribution in [0.15, 0.2) is 63.1 Å². The number of carbonyl (C=O) groups is 1. The van der Waals surface area contributed by atoms with Crippen molar-refractivity contribution in [2.45, 2.75) is 48.8 Å².